The van der Waals surface area contributed by atoms with Gasteiger partial charge in [-0.25, -0.2) is 4.79 Å². The molecular weight excluding hydrogens is 404 g/mol. The third kappa shape index (κ3) is 4.43. The minimum atomic E-state index is -0.623. The average Bonchev–Trinajstić information content (AvgIpc) is 3.13. The average molecular weight is 428 g/mol. The standard InChI is InChI=1S/C25H24N4O3/c1-29(2)15-16-6-9-19(10-7-16)27-23(18-5-4-12-26-14-18)22-20-11-8-17(25(31)32-3)13-21(20)28-24(22)30/h4-14,22H,15H2,1-3H3,(H,28,30). The molecule has 2 heterocycles. The number of carbonyl (C=O) groups is 2. The van der Waals surface area contributed by atoms with E-state index >= 15 is 0 Å². The van der Waals surface area contributed by atoms with Crippen LogP contribution in [0.5, 0.6) is 0 Å². The summed E-state index contributed by atoms with van der Waals surface area (Å²) in [5, 5.41) is 2.88. The number of fused-ring (bicyclic) bond motifs is 1. The summed E-state index contributed by atoms with van der Waals surface area (Å²) in [5.41, 5.74) is 5.00. The summed E-state index contributed by atoms with van der Waals surface area (Å²) in [4.78, 5) is 36.1. The van der Waals surface area contributed by atoms with Crippen LogP contribution < -0.4 is 5.32 Å². The Balaban J connectivity index is 1.77. The predicted octanol–water partition coefficient (Wildman–Crippen LogP) is 3.79. The van der Waals surface area contributed by atoms with Crippen LogP contribution in [0.2, 0.25) is 0 Å². The summed E-state index contributed by atoms with van der Waals surface area (Å²) in [7, 11) is 5.37. The van der Waals surface area contributed by atoms with Crippen molar-refractivity contribution in [1.29, 1.82) is 0 Å². The van der Waals surface area contributed by atoms with Crippen LogP contribution in [0.15, 0.2) is 72.0 Å². The Morgan fingerprint density at radius 3 is 2.56 bits per heavy atom. The topological polar surface area (TPSA) is 83.9 Å². The summed E-state index contributed by atoms with van der Waals surface area (Å²) in [6.45, 7) is 0.834. The first-order valence-corrected chi connectivity index (χ1v) is 10.2. The predicted molar refractivity (Wildman–Crippen MR) is 123 cm³/mol. The Hall–Kier alpha value is -3.84. The second kappa shape index (κ2) is 9.11. The van der Waals surface area contributed by atoms with Gasteiger partial charge < -0.3 is 15.0 Å². The second-order valence-corrected chi connectivity index (χ2v) is 7.86. The molecule has 2 aromatic carbocycles. The maximum absolute atomic E-state index is 13.0. The van der Waals surface area contributed by atoms with Crippen molar-refractivity contribution in [2.75, 3.05) is 26.5 Å². The number of rotatable bonds is 6. The number of nitrogens with one attached hydrogen (secondary N) is 1. The first-order valence-electron chi connectivity index (χ1n) is 10.2. The Morgan fingerprint density at radius 2 is 1.91 bits per heavy atom. The fourth-order valence-corrected chi connectivity index (χ4v) is 3.77. The number of anilines is 1. The fourth-order valence-electron chi connectivity index (χ4n) is 3.77. The maximum atomic E-state index is 13.0. The van der Waals surface area contributed by atoms with E-state index in [1.54, 1.807) is 30.6 Å². The number of esters is 1. The molecule has 162 valence electrons. The van der Waals surface area contributed by atoms with Crippen molar-refractivity contribution in [2.24, 2.45) is 4.99 Å². The largest absolute Gasteiger partial charge is 0.465 e. The van der Waals surface area contributed by atoms with Gasteiger partial charge >= 0.3 is 5.97 Å². The van der Waals surface area contributed by atoms with Crippen LogP contribution >= 0.6 is 0 Å². The minimum Gasteiger partial charge on any atom is -0.465 e. The number of ether oxygens (including phenoxy) is 1. The number of amides is 1. The lowest BCUT2D eigenvalue weighted by Crippen LogP contribution is -2.22. The van der Waals surface area contributed by atoms with Gasteiger partial charge in [-0.15, -0.1) is 0 Å². The molecule has 4 rings (SSSR count). The lowest BCUT2D eigenvalue weighted by atomic mass is 9.91. The number of hydrogen-bond acceptors (Lipinski definition) is 6. The van der Waals surface area contributed by atoms with Crippen LogP contribution in [0.3, 0.4) is 0 Å². The van der Waals surface area contributed by atoms with Gasteiger partial charge in [0.05, 0.1) is 24.1 Å². The molecule has 7 heteroatoms. The Bertz CT molecular complexity index is 1170. The van der Waals surface area contributed by atoms with E-state index in [0.717, 1.165) is 23.4 Å². The van der Waals surface area contributed by atoms with Gasteiger partial charge in [0.15, 0.2) is 0 Å². The van der Waals surface area contributed by atoms with Crippen LogP contribution in [0, 0.1) is 0 Å². The number of aliphatic imine (C=N–C) groups is 1. The summed E-state index contributed by atoms with van der Waals surface area (Å²) < 4.78 is 4.79. The Labute approximate surface area is 186 Å². The van der Waals surface area contributed by atoms with E-state index < -0.39 is 11.9 Å². The number of pyridine rings is 1. The zero-order valence-electron chi connectivity index (χ0n) is 18.2. The highest BCUT2D eigenvalue weighted by molar-refractivity contribution is 6.24. The quantitative estimate of drug-likeness (QED) is 0.477. The number of aromatic nitrogens is 1. The van der Waals surface area contributed by atoms with Gasteiger partial charge in [-0.3, -0.25) is 14.8 Å². The molecule has 7 nitrogen and oxygen atoms in total. The molecule has 1 N–H and O–H groups in total. The van der Waals surface area contributed by atoms with Gasteiger partial charge in [-0.1, -0.05) is 24.3 Å². The normalized spacial score (nSPS) is 15.4. The van der Waals surface area contributed by atoms with Crippen molar-refractivity contribution < 1.29 is 14.3 Å². The van der Waals surface area contributed by atoms with Crippen molar-refractivity contribution in [3.63, 3.8) is 0 Å². The summed E-state index contributed by atoms with van der Waals surface area (Å²) >= 11 is 0. The summed E-state index contributed by atoms with van der Waals surface area (Å²) in [6, 6.07) is 16.7. The number of benzene rings is 2. The van der Waals surface area contributed by atoms with Crippen LogP contribution in [0.25, 0.3) is 0 Å². The SMILES string of the molecule is COC(=O)c1ccc2c(c1)NC(=O)C2C(=Nc1ccc(CN(C)C)cc1)c1cccnc1. The first kappa shape index (κ1) is 21.4. The third-order valence-corrected chi connectivity index (χ3v) is 5.22. The summed E-state index contributed by atoms with van der Waals surface area (Å²) in [6.07, 6.45) is 3.38. The van der Waals surface area contributed by atoms with Crippen LogP contribution in [-0.4, -0.2) is 48.7 Å². The molecule has 1 unspecified atom stereocenters. The monoisotopic (exact) mass is 428 g/mol. The van der Waals surface area contributed by atoms with E-state index in [4.69, 9.17) is 9.73 Å². The van der Waals surface area contributed by atoms with Crippen molar-refractivity contribution >= 4 is 29.0 Å². The maximum Gasteiger partial charge on any atom is 0.337 e. The number of nitrogens with zero attached hydrogens (tertiary/aromatic N) is 3. The molecule has 1 aliphatic heterocycles. The molecule has 1 aliphatic rings. The highest BCUT2D eigenvalue weighted by atomic mass is 16.5. The molecule has 0 radical (unpaired) electrons. The molecule has 0 aliphatic carbocycles. The van der Waals surface area contributed by atoms with Gasteiger partial charge in [0.2, 0.25) is 5.91 Å². The van der Waals surface area contributed by atoms with Crippen molar-refractivity contribution in [3.8, 4) is 0 Å². The molecule has 1 amide bonds. The van der Waals surface area contributed by atoms with Gasteiger partial charge in [0.25, 0.3) is 0 Å². The lowest BCUT2D eigenvalue weighted by Gasteiger charge is -2.14. The smallest absolute Gasteiger partial charge is 0.337 e. The van der Waals surface area contributed by atoms with Crippen LogP contribution in [0.4, 0.5) is 11.4 Å². The van der Waals surface area contributed by atoms with E-state index in [9.17, 15) is 9.59 Å². The first-order chi connectivity index (χ1) is 15.5. The highest BCUT2D eigenvalue weighted by Gasteiger charge is 2.36. The molecule has 32 heavy (non-hydrogen) atoms. The van der Waals surface area contributed by atoms with E-state index in [2.05, 4.69) is 15.2 Å². The molecule has 0 fully saturated rings. The van der Waals surface area contributed by atoms with Crippen molar-refractivity contribution in [1.82, 2.24) is 9.88 Å². The fraction of sp³-hybridized carbons (Fsp3) is 0.200. The molecular formula is C25H24N4O3. The zero-order valence-corrected chi connectivity index (χ0v) is 18.2. The summed E-state index contributed by atoms with van der Waals surface area (Å²) in [5.74, 6) is -1.28. The van der Waals surface area contributed by atoms with Crippen molar-refractivity contribution in [2.45, 2.75) is 12.5 Å². The number of methoxy groups -OCH3 is 1. The van der Waals surface area contributed by atoms with Crippen molar-refractivity contribution in [3.05, 3.63) is 89.2 Å². The Morgan fingerprint density at radius 1 is 1.12 bits per heavy atom. The molecule has 0 saturated carbocycles. The Kier molecular flexibility index (Phi) is 6.09. The van der Waals surface area contributed by atoms with Crippen LogP contribution in [-0.2, 0) is 16.1 Å². The molecule has 0 saturated heterocycles. The highest BCUT2D eigenvalue weighted by Crippen LogP contribution is 2.37. The third-order valence-electron chi connectivity index (χ3n) is 5.22. The van der Waals surface area contributed by atoms with Gasteiger partial charge in [0.1, 0.15) is 5.92 Å². The van der Waals surface area contributed by atoms with E-state index in [1.807, 2.05) is 50.5 Å². The number of hydrogen-bond donors (Lipinski definition) is 1. The molecule has 3 aromatic rings. The van der Waals surface area contributed by atoms with Gasteiger partial charge in [-0.05, 0) is 55.6 Å². The van der Waals surface area contributed by atoms with Gasteiger partial charge in [-0.2, -0.15) is 0 Å². The van der Waals surface area contributed by atoms with Crippen LogP contribution in [0.1, 0.15) is 33.0 Å². The van der Waals surface area contributed by atoms with E-state index in [1.165, 1.54) is 12.7 Å². The zero-order chi connectivity index (χ0) is 22.7. The molecule has 0 spiro atoms. The van der Waals surface area contributed by atoms with Gasteiger partial charge in [0, 0.05) is 30.2 Å². The van der Waals surface area contributed by atoms with E-state index in [0.29, 0.717) is 17.0 Å². The second-order valence-electron chi connectivity index (χ2n) is 7.86. The molecule has 1 atom stereocenters. The molecule has 1 aromatic heterocycles. The minimum absolute atomic E-state index is 0.200. The number of carbonyl (C=O) groups excluding carboxylic acids is 2. The molecule has 0 bridgehead atoms. The van der Waals surface area contributed by atoms with E-state index in [-0.39, 0.29) is 5.91 Å². The lowest BCUT2D eigenvalue weighted by molar-refractivity contribution is -0.115.